The predicted octanol–water partition coefficient (Wildman–Crippen LogP) is 3.82. The van der Waals surface area contributed by atoms with E-state index < -0.39 is 0 Å². The van der Waals surface area contributed by atoms with Gasteiger partial charge in [-0.05, 0) is 43.2 Å². The molecule has 0 saturated carbocycles. The molecule has 1 heterocycles. The summed E-state index contributed by atoms with van der Waals surface area (Å²) in [6.07, 6.45) is 2.55. The SMILES string of the molecule is CCCCNC(=O)c1ccc(N[C@@H]2c3ccccc3C(=O)N2CCCOC)cc1. The molecule has 1 aliphatic rings. The number of nitrogens with zero attached hydrogens (tertiary/aromatic N) is 1. The number of carbonyl (C=O) groups is 2. The van der Waals surface area contributed by atoms with Gasteiger partial charge < -0.3 is 20.3 Å². The summed E-state index contributed by atoms with van der Waals surface area (Å²) < 4.78 is 5.14. The van der Waals surface area contributed by atoms with E-state index >= 15 is 0 Å². The van der Waals surface area contributed by atoms with Gasteiger partial charge in [-0.3, -0.25) is 9.59 Å². The molecular weight excluding hydrogens is 366 g/mol. The third-order valence-corrected chi connectivity index (χ3v) is 5.07. The summed E-state index contributed by atoms with van der Waals surface area (Å²) in [5.41, 5.74) is 3.19. The van der Waals surface area contributed by atoms with Crippen LogP contribution in [0.5, 0.6) is 0 Å². The highest BCUT2D eigenvalue weighted by atomic mass is 16.5. The smallest absolute Gasteiger partial charge is 0.256 e. The highest BCUT2D eigenvalue weighted by Crippen LogP contribution is 2.34. The van der Waals surface area contributed by atoms with Crippen molar-refractivity contribution in [3.63, 3.8) is 0 Å². The van der Waals surface area contributed by atoms with Gasteiger partial charge >= 0.3 is 0 Å². The number of ether oxygens (including phenoxy) is 1. The van der Waals surface area contributed by atoms with Crippen LogP contribution in [0.15, 0.2) is 48.5 Å². The fraction of sp³-hybridized carbons (Fsp3) is 0.391. The molecule has 0 fully saturated rings. The van der Waals surface area contributed by atoms with Crippen LogP contribution in [0.4, 0.5) is 5.69 Å². The van der Waals surface area contributed by atoms with Gasteiger partial charge in [-0.15, -0.1) is 0 Å². The minimum absolute atomic E-state index is 0.0288. The van der Waals surface area contributed by atoms with Crippen molar-refractivity contribution < 1.29 is 14.3 Å². The summed E-state index contributed by atoms with van der Waals surface area (Å²) in [7, 11) is 1.66. The number of carbonyl (C=O) groups excluding carboxylic acids is 2. The van der Waals surface area contributed by atoms with Gasteiger partial charge in [0.25, 0.3) is 11.8 Å². The highest BCUT2D eigenvalue weighted by Gasteiger charge is 2.35. The van der Waals surface area contributed by atoms with Gasteiger partial charge in [-0.2, -0.15) is 0 Å². The maximum Gasteiger partial charge on any atom is 0.256 e. The number of hydrogen-bond donors (Lipinski definition) is 2. The average molecular weight is 396 g/mol. The van der Waals surface area contributed by atoms with E-state index in [1.807, 2.05) is 53.4 Å². The van der Waals surface area contributed by atoms with Crippen LogP contribution in [0.25, 0.3) is 0 Å². The van der Waals surface area contributed by atoms with E-state index in [9.17, 15) is 9.59 Å². The first-order valence-corrected chi connectivity index (χ1v) is 10.2. The molecule has 6 nitrogen and oxygen atoms in total. The Morgan fingerprint density at radius 1 is 1.10 bits per heavy atom. The van der Waals surface area contributed by atoms with Crippen molar-refractivity contribution in [2.45, 2.75) is 32.4 Å². The second-order valence-electron chi connectivity index (χ2n) is 7.17. The molecule has 2 N–H and O–H groups in total. The van der Waals surface area contributed by atoms with Gasteiger partial charge in [0.05, 0.1) is 0 Å². The summed E-state index contributed by atoms with van der Waals surface area (Å²) in [6, 6.07) is 15.1. The van der Waals surface area contributed by atoms with Crippen LogP contribution in [0.3, 0.4) is 0 Å². The summed E-state index contributed by atoms with van der Waals surface area (Å²) >= 11 is 0. The molecule has 29 heavy (non-hydrogen) atoms. The Hall–Kier alpha value is -2.86. The Morgan fingerprint density at radius 2 is 1.86 bits per heavy atom. The van der Waals surface area contributed by atoms with Gasteiger partial charge in [0, 0.05) is 49.2 Å². The van der Waals surface area contributed by atoms with Crippen molar-refractivity contribution >= 4 is 17.5 Å². The Balaban J connectivity index is 1.72. The zero-order chi connectivity index (χ0) is 20.6. The van der Waals surface area contributed by atoms with Crippen LogP contribution in [0, 0.1) is 0 Å². The summed E-state index contributed by atoms with van der Waals surface area (Å²) in [6.45, 7) is 4.00. The normalized spacial score (nSPS) is 15.3. The topological polar surface area (TPSA) is 70.7 Å². The van der Waals surface area contributed by atoms with Gasteiger partial charge in [-0.25, -0.2) is 0 Å². The van der Waals surface area contributed by atoms with E-state index in [0.717, 1.165) is 36.1 Å². The number of hydrogen-bond acceptors (Lipinski definition) is 4. The number of rotatable bonds is 10. The molecule has 2 amide bonds. The van der Waals surface area contributed by atoms with Crippen molar-refractivity contribution in [1.29, 1.82) is 0 Å². The number of anilines is 1. The molecule has 0 radical (unpaired) electrons. The zero-order valence-electron chi connectivity index (χ0n) is 17.1. The van der Waals surface area contributed by atoms with E-state index in [2.05, 4.69) is 17.6 Å². The first-order chi connectivity index (χ1) is 14.2. The molecule has 0 aromatic heterocycles. The van der Waals surface area contributed by atoms with Crippen molar-refractivity contribution in [3.8, 4) is 0 Å². The maximum absolute atomic E-state index is 12.9. The summed E-state index contributed by atoms with van der Waals surface area (Å²) in [4.78, 5) is 26.9. The molecule has 0 aliphatic carbocycles. The molecule has 3 rings (SSSR count). The third-order valence-electron chi connectivity index (χ3n) is 5.07. The van der Waals surface area contributed by atoms with Crippen LogP contribution < -0.4 is 10.6 Å². The van der Waals surface area contributed by atoms with Crippen molar-refractivity contribution in [2.75, 3.05) is 32.1 Å². The van der Waals surface area contributed by atoms with Gasteiger partial charge in [0.1, 0.15) is 6.17 Å². The number of methoxy groups -OCH3 is 1. The molecule has 0 saturated heterocycles. The molecule has 6 heteroatoms. The van der Waals surface area contributed by atoms with E-state index in [1.165, 1.54) is 0 Å². The van der Waals surface area contributed by atoms with Gasteiger partial charge in [-0.1, -0.05) is 31.5 Å². The Labute approximate surface area is 172 Å². The van der Waals surface area contributed by atoms with Crippen LogP contribution in [0.2, 0.25) is 0 Å². The van der Waals surface area contributed by atoms with Crippen LogP contribution in [-0.4, -0.2) is 43.5 Å². The monoisotopic (exact) mass is 395 g/mol. The average Bonchev–Trinajstić information content (AvgIpc) is 3.01. The first-order valence-electron chi connectivity index (χ1n) is 10.2. The van der Waals surface area contributed by atoms with Crippen molar-refractivity contribution in [2.24, 2.45) is 0 Å². The molecule has 2 aromatic rings. The lowest BCUT2D eigenvalue weighted by Gasteiger charge is -2.27. The molecular formula is C23H29N3O3. The Morgan fingerprint density at radius 3 is 2.59 bits per heavy atom. The van der Waals surface area contributed by atoms with Crippen molar-refractivity contribution in [1.82, 2.24) is 10.2 Å². The third kappa shape index (κ3) is 4.95. The zero-order valence-corrected chi connectivity index (χ0v) is 17.1. The fourth-order valence-corrected chi connectivity index (χ4v) is 3.49. The predicted molar refractivity (Wildman–Crippen MR) is 114 cm³/mol. The van der Waals surface area contributed by atoms with Crippen LogP contribution in [0.1, 0.15) is 58.6 Å². The van der Waals surface area contributed by atoms with Gasteiger partial charge in [0.2, 0.25) is 0 Å². The lowest BCUT2D eigenvalue weighted by molar-refractivity contribution is 0.0721. The molecule has 1 atom stereocenters. The van der Waals surface area contributed by atoms with Crippen LogP contribution in [-0.2, 0) is 4.74 Å². The quantitative estimate of drug-likeness (QED) is 0.600. The molecule has 154 valence electrons. The van der Waals surface area contributed by atoms with E-state index in [4.69, 9.17) is 4.74 Å². The second kappa shape index (κ2) is 10.1. The minimum Gasteiger partial charge on any atom is -0.385 e. The second-order valence-corrected chi connectivity index (χ2v) is 7.17. The lowest BCUT2D eigenvalue weighted by atomic mass is 10.1. The summed E-state index contributed by atoms with van der Waals surface area (Å²) in [5, 5.41) is 6.38. The first kappa shape index (κ1) is 20.9. The molecule has 0 unspecified atom stereocenters. The molecule has 2 aromatic carbocycles. The highest BCUT2D eigenvalue weighted by molar-refractivity contribution is 5.99. The van der Waals surface area contributed by atoms with Gasteiger partial charge in [0.15, 0.2) is 0 Å². The number of fused-ring (bicyclic) bond motifs is 1. The molecule has 1 aliphatic heterocycles. The lowest BCUT2D eigenvalue weighted by Crippen LogP contribution is -2.33. The fourth-order valence-electron chi connectivity index (χ4n) is 3.49. The maximum atomic E-state index is 12.9. The number of nitrogens with one attached hydrogen (secondary N) is 2. The standard InChI is InChI=1S/C23H29N3O3/c1-3-4-14-24-22(27)17-10-12-18(13-11-17)25-21-19-8-5-6-9-20(19)23(28)26(21)15-7-16-29-2/h5-6,8-13,21,25H,3-4,7,14-16H2,1-2H3,(H,24,27)/t21-/m0/s1. The Kier molecular flexibility index (Phi) is 7.25. The van der Waals surface area contributed by atoms with E-state index in [1.54, 1.807) is 7.11 Å². The summed E-state index contributed by atoms with van der Waals surface area (Å²) in [5.74, 6) is -0.0336. The molecule has 0 spiro atoms. The number of amides is 2. The van der Waals surface area contributed by atoms with Crippen molar-refractivity contribution in [3.05, 3.63) is 65.2 Å². The minimum atomic E-state index is -0.236. The molecule has 0 bridgehead atoms. The largest absolute Gasteiger partial charge is 0.385 e. The number of unbranched alkanes of at least 4 members (excludes halogenated alkanes) is 1. The van der Waals surface area contributed by atoms with Crippen LogP contribution >= 0.6 is 0 Å². The number of benzene rings is 2. The van der Waals surface area contributed by atoms with E-state index in [0.29, 0.717) is 25.3 Å². The Bertz CT molecular complexity index is 836. The van der Waals surface area contributed by atoms with E-state index in [-0.39, 0.29) is 18.0 Å².